The summed E-state index contributed by atoms with van der Waals surface area (Å²) in [4.78, 5) is 0. The fraction of sp³-hybridized carbons (Fsp3) is 1.00. The summed E-state index contributed by atoms with van der Waals surface area (Å²) in [6, 6.07) is 0. The van der Waals surface area contributed by atoms with Crippen LogP contribution in [0.1, 0.15) is 0 Å². The van der Waals surface area contributed by atoms with Crippen LogP contribution in [-0.2, 0) is 0 Å². The Morgan fingerprint density at radius 2 is 1.80 bits per heavy atom. The van der Waals surface area contributed by atoms with Crippen molar-refractivity contribution < 1.29 is 0 Å². The Kier molecular flexibility index (Phi) is 1.60. The molecular formula is C2H4BS2. The van der Waals surface area contributed by atoms with E-state index in [-0.39, 0.29) is 0 Å². The number of rotatable bonds is 0. The van der Waals surface area contributed by atoms with Gasteiger partial charge in [0.2, 0.25) is 0 Å². The van der Waals surface area contributed by atoms with Crippen molar-refractivity contribution in [3.63, 3.8) is 0 Å². The minimum absolute atomic E-state index is 1.32. The number of hydrogen-bond acceptors (Lipinski definition) is 2. The molecule has 27 valence electrons. The van der Waals surface area contributed by atoms with Crippen molar-refractivity contribution in [2.24, 2.45) is 0 Å². The van der Waals surface area contributed by atoms with Crippen molar-refractivity contribution in [1.29, 1.82) is 0 Å². The maximum absolute atomic E-state index is 2.19. The Hall–Kier alpha value is 0.765. The van der Waals surface area contributed by atoms with Gasteiger partial charge in [0.1, 0.15) is 0 Å². The molecule has 0 aromatic rings. The van der Waals surface area contributed by atoms with Crippen LogP contribution in [0.5, 0.6) is 0 Å². The molecule has 0 bridgehead atoms. The van der Waals surface area contributed by atoms with Crippen molar-refractivity contribution in [2.75, 3.05) is 11.5 Å². The van der Waals surface area contributed by atoms with Crippen molar-refractivity contribution in [1.82, 2.24) is 0 Å². The molecular weight excluding hydrogens is 99.0 g/mol. The Morgan fingerprint density at radius 1 is 1.20 bits per heavy atom. The maximum Gasteiger partial charge on any atom is 0.267 e. The molecule has 1 radical (unpaired) electrons. The molecule has 0 saturated carbocycles. The monoisotopic (exact) mass is 103 g/mol. The van der Waals surface area contributed by atoms with E-state index in [1.807, 2.05) is 23.2 Å². The van der Waals surface area contributed by atoms with Crippen LogP contribution >= 0.6 is 23.2 Å². The molecule has 0 N–H and O–H groups in total. The predicted molar refractivity (Wildman–Crippen MR) is 30.7 cm³/mol. The van der Waals surface area contributed by atoms with Gasteiger partial charge in [0.05, 0.1) is 0 Å². The highest BCUT2D eigenvalue weighted by Gasteiger charge is 1.98. The lowest BCUT2D eigenvalue weighted by molar-refractivity contribution is 1.59. The third kappa shape index (κ3) is 1.10. The fourth-order valence-corrected chi connectivity index (χ4v) is 2.17. The van der Waals surface area contributed by atoms with E-state index in [1.54, 1.807) is 0 Å². The average Bonchev–Trinajstić information content (AvgIpc) is 1.76. The van der Waals surface area contributed by atoms with Crippen LogP contribution in [0.15, 0.2) is 0 Å². The van der Waals surface area contributed by atoms with E-state index < -0.39 is 0 Å². The molecule has 1 saturated heterocycles. The first-order valence-corrected chi connectivity index (χ1v) is 3.65. The molecule has 1 rings (SSSR count). The second-order valence-corrected chi connectivity index (χ2v) is 3.09. The Labute approximate surface area is 41.1 Å². The molecule has 0 spiro atoms. The summed E-state index contributed by atoms with van der Waals surface area (Å²) in [5.41, 5.74) is 0. The molecule has 1 heterocycles. The first-order chi connectivity index (χ1) is 2.50. The van der Waals surface area contributed by atoms with E-state index in [0.717, 1.165) is 0 Å². The Balaban J connectivity index is 2.08. The SMILES string of the molecule is [B]1SCCS1. The van der Waals surface area contributed by atoms with Gasteiger partial charge in [-0.3, -0.25) is 0 Å². The molecule has 0 aromatic carbocycles. The molecule has 1 aliphatic rings. The normalized spacial score (nSPS) is 22.4. The van der Waals surface area contributed by atoms with Gasteiger partial charge >= 0.3 is 0 Å². The zero-order valence-electron chi connectivity index (χ0n) is 2.81. The van der Waals surface area contributed by atoms with E-state index in [9.17, 15) is 0 Å². The van der Waals surface area contributed by atoms with Crippen LogP contribution in [-0.4, -0.2) is 17.3 Å². The summed E-state index contributed by atoms with van der Waals surface area (Å²) in [6.45, 7) is 0. The zero-order chi connectivity index (χ0) is 3.54. The summed E-state index contributed by atoms with van der Waals surface area (Å²) in [7, 11) is 0. The lowest BCUT2D eigenvalue weighted by atomic mass is 10.7. The molecule has 0 aromatic heterocycles. The Bertz CT molecular complexity index is 19.2. The Morgan fingerprint density at radius 3 is 2.00 bits per heavy atom. The highest BCUT2D eigenvalue weighted by Crippen LogP contribution is 2.17. The first-order valence-electron chi connectivity index (χ1n) is 1.55. The van der Waals surface area contributed by atoms with E-state index >= 15 is 0 Å². The largest absolute Gasteiger partial charge is 0.267 e. The van der Waals surface area contributed by atoms with Crippen LogP contribution in [0.3, 0.4) is 0 Å². The van der Waals surface area contributed by atoms with Gasteiger partial charge in [-0.2, -0.15) is 0 Å². The van der Waals surface area contributed by atoms with Crippen LogP contribution in [0.2, 0.25) is 0 Å². The topological polar surface area (TPSA) is 0 Å². The molecule has 0 aliphatic carbocycles. The molecule has 0 unspecified atom stereocenters. The fourth-order valence-electron chi connectivity index (χ4n) is 0.241. The molecule has 0 nitrogen and oxygen atoms in total. The van der Waals surface area contributed by atoms with Crippen LogP contribution in [0, 0.1) is 0 Å². The van der Waals surface area contributed by atoms with E-state index in [1.165, 1.54) is 11.5 Å². The standard InChI is InChI=1S/C2H4BS2/c1-2-5-3-4-1/h1-2H2. The van der Waals surface area contributed by atoms with Crippen molar-refractivity contribution in [2.45, 2.75) is 0 Å². The van der Waals surface area contributed by atoms with Gasteiger partial charge in [-0.1, -0.05) is 0 Å². The second-order valence-electron chi connectivity index (χ2n) is 0.838. The van der Waals surface area contributed by atoms with Crippen molar-refractivity contribution in [3.05, 3.63) is 0 Å². The van der Waals surface area contributed by atoms with Gasteiger partial charge in [-0.05, 0) is 11.5 Å². The summed E-state index contributed by atoms with van der Waals surface area (Å²) >= 11 is 3.82. The highest BCUT2D eigenvalue weighted by molar-refractivity contribution is 8.52. The summed E-state index contributed by atoms with van der Waals surface area (Å²) in [6.07, 6.45) is 0. The van der Waals surface area contributed by atoms with Gasteiger partial charge in [-0.15, -0.1) is 0 Å². The van der Waals surface area contributed by atoms with E-state index in [4.69, 9.17) is 0 Å². The van der Waals surface area contributed by atoms with E-state index in [0.29, 0.717) is 0 Å². The molecule has 0 amide bonds. The lowest BCUT2D eigenvalue weighted by Crippen LogP contribution is -1.64. The number of hydrogen-bond donors (Lipinski definition) is 0. The van der Waals surface area contributed by atoms with Crippen LogP contribution in [0.25, 0.3) is 0 Å². The predicted octanol–water partition coefficient (Wildman–Crippen LogP) is 1.00. The third-order valence-corrected chi connectivity index (χ3v) is 2.68. The first kappa shape index (κ1) is 3.94. The minimum Gasteiger partial charge on any atom is -0.201 e. The van der Waals surface area contributed by atoms with Gasteiger partial charge in [0.25, 0.3) is 5.84 Å². The molecule has 1 aliphatic heterocycles. The summed E-state index contributed by atoms with van der Waals surface area (Å²) < 4.78 is 0. The quantitative estimate of drug-likeness (QED) is 0.419. The third-order valence-electron chi connectivity index (χ3n) is 0.455. The van der Waals surface area contributed by atoms with Gasteiger partial charge < -0.3 is 0 Å². The van der Waals surface area contributed by atoms with Gasteiger partial charge in [0, 0.05) is 0 Å². The zero-order valence-corrected chi connectivity index (χ0v) is 4.44. The smallest absolute Gasteiger partial charge is 0.201 e. The highest BCUT2D eigenvalue weighted by atomic mass is 32.2. The maximum atomic E-state index is 2.19. The van der Waals surface area contributed by atoms with Gasteiger partial charge in [0.15, 0.2) is 0 Å². The van der Waals surface area contributed by atoms with Gasteiger partial charge in [-0.25, -0.2) is 23.2 Å². The lowest BCUT2D eigenvalue weighted by Gasteiger charge is -1.68. The summed E-state index contributed by atoms with van der Waals surface area (Å²) in [5.74, 6) is 4.84. The van der Waals surface area contributed by atoms with Crippen molar-refractivity contribution >= 4 is 29.1 Å². The molecule has 5 heavy (non-hydrogen) atoms. The second kappa shape index (κ2) is 2.03. The average molecular weight is 103 g/mol. The van der Waals surface area contributed by atoms with E-state index in [2.05, 4.69) is 5.84 Å². The van der Waals surface area contributed by atoms with Crippen LogP contribution in [0.4, 0.5) is 0 Å². The minimum atomic E-state index is 1.32. The van der Waals surface area contributed by atoms with Crippen LogP contribution < -0.4 is 0 Å². The molecule has 1 fully saturated rings. The van der Waals surface area contributed by atoms with Crippen molar-refractivity contribution in [3.8, 4) is 0 Å². The molecule has 0 atom stereocenters. The summed E-state index contributed by atoms with van der Waals surface area (Å²) in [5, 5.41) is 0. The molecule has 3 heteroatoms.